The summed E-state index contributed by atoms with van der Waals surface area (Å²) in [6.45, 7) is 5.91. The van der Waals surface area contributed by atoms with E-state index in [4.69, 9.17) is 4.74 Å². The summed E-state index contributed by atoms with van der Waals surface area (Å²) >= 11 is 0. The average Bonchev–Trinajstić information content (AvgIpc) is 2.51. The third-order valence-corrected chi connectivity index (χ3v) is 6.68. The predicted molar refractivity (Wildman–Crippen MR) is 101 cm³/mol. The van der Waals surface area contributed by atoms with Gasteiger partial charge in [0.05, 0.1) is 23.3 Å². The highest BCUT2D eigenvalue weighted by Gasteiger charge is 2.24. The Kier molecular flexibility index (Phi) is 15.1. The maximum atomic E-state index is 11.3. The van der Waals surface area contributed by atoms with Crippen LogP contribution < -0.4 is 0 Å². The number of ketones is 1. The summed E-state index contributed by atoms with van der Waals surface area (Å²) in [6.07, 6.45) is 7.72. The van der Waals surface area contributed by atoms with Gasteiger partial charge in [-0.2, -0.15) is 0 Å². The van der Waals surface area contributed by atoms with Crippen LogP contribution >= 0.6 is 0 Å². The Hall–Kier alpha value is -0.110. The third kappa shape index (κ3) is 16.7. The van der Waals surface area contributed by atoms with Gasteiger partial charge in [-0.15, -0.1) is 0 Å². The number of hydrogen-bond acceptors (Lipinski definition) is 5. The summed E-state index contributed by atoms with van der Waals surface area (Å²) in [5.41, 5.74) is 0. The molecule has 1 saturated heterocycles. The van der Waals surface area contributed by atoms with Gasteiger partial charge in [0, 0.05) is 12.2 Å². The van der Waals surface area contributed by atoms with Crippen molar-refractivity contribution in [3.8, 4) is 0 Å². The Balaban J connectivity index is 0.000000441. The fourth-order valence-electron chi connectivity index (χ4n) is 2.34. The Morgan fingerprint density at radius 3 is 2.12 bits per heavy atom. The molecule has 0 aromatic rings. The molecule has 0 aromatic heterocycles. The largest absolute Gasteiger partial charge is 0.748 e. The lowest BCUT2D eigenvalue weighted by molar-refractivity contribution is -0.116. The first-order valence-corrected chi connectivity index (χ1v) is 12.4. The van der Waals surface area contributed by atoms with Crippen LogP contribution in [-0.4, -0.2) is 55.0 Å². The van der Waals surface area contributed by atoms with Gasteiger partial charge in [0.1, 0.15) is 11.5 Å². The van der Waals surface area contributed by atoms with Crippen LogP contribution in [0.15, 0.2) is 0 Å². The van der Waals surface area contributed by atoms with E-state index in [9.17, 15) is 17.8 Å². The SMILES string of the molecule is CCCC(=O)C[S+]1CCOCC1.CCCCCCCCS(=O)(=O)[O-]. The van der Waals surface area contributed by atoms with Crippen LogP contribution in [0.4, 0.5) is 0 Å². The predicted octanol–water partition coefficient (Wildman–Crippen LogP) is 2.90. The molecule has 0 N–H and O–H groups in total. The Morgan fingerprint density at radius 1 is 1.00 bits per heavy atom. The van der Waals surface area contributed by atoms with Crippen LogP contribution in [-0.2, 0) is 30.5 Å². The molecule has 0 aliphatic carbocycles. The van der Waals surface area contributed by atoms with Gasteiger partial charge in [-0.05, 0) is 23.7 Å². The van der Waals surface area contributed by atoms with E-state index < -0.39 is 10.1 Å². The van der Waals surface area contributed by atoms with Crippen molar-refractivity contribution >= 4 is 26.8 Å². The molecule has 5 nitrogen and oxygen atoms in total. The fourth-order valence-corrected chi connectivity index (χ4v) is 4.70. The van der Waals surface area contributed by atoms with E-state index in [2.05, 4.69) is 13.8 Å². The molecule has 0 aromatic carbocycles. The molecule has 1 heterocycles. The Bertz CT molecular complexity index is 403. The third-order valence-electron chi connectivity index (χ3n) is 3.67. The van der Waals surface area contributed by atoms with E-state index in [0.29, 0.717) is 23.1 Å². The van der Waals surface area contributed by atoms with Crippen LogP contribution in [0.2, 0.25) is 0 Å². The summed E-state index contributed by atoms with van der Waals surface area (Å²) in [6, 6.07) is 0. The van der Waals surface area contributed by atoms with Crippen molar-refractivity contribution in [1.29, 1.82) is 0 Å². The molecule has 1 rings (SSSR count). The maximum absolute atomic E-state index is 11.3. The van der Waals surface area contributed by atoms with Gasteiger partial charge < -0.3 is 9.29 Å². The first-order chi connectivity index (χ1) is 11.4. The number of unbranched alkanes of at least 4 members (excludes halogenated alkanes) is 5. The molecule has 1 aliphatic heterocycles. The molecule has 7 heteroatoms. The van der Waals surface area contributed by atoms with Crippen LogP contribution in [0.5, 0.6) is 0 Å². The lowest BCUT2D eigenvalue weighted by Crippen LogP contribution is -2.31. The molecule has 0 unspecified atom stereocenters. The molecule has 144 valence electrons. The lowest BCUT2D eigenvalue weighted by Gasteiger charge is -2.13. The lowest BCUT2D eigenvalue weighted by atomic mass is 10.1. The molecule has 1 fully saturated rings. The van der Waals surface area contributed by atoms with Gasteiger partial charge in [-0.1, -0.05) is 46.0 Å². The van der Waals surface area contributed by atoms with Gasteiger partial charge >= 0.3 is 0 Å². The summed E-state index contributed by atoms with van der Waals surface area (Å²) in [4.78, 5) is 11.3. The Morgan fingerprint density at radius 2 is 1.58 bits per heavy atom. The van der Waals surface area contributed by atoms with Crippen molar-refractivity contribution in [1.82, 2.24) is 0 Å². The van der Waals surface area contributed by atoms with Gasteiger partial charge in [-0.3, -0.25) is 4.79 Å². The minimum Gasteiger partial charge on any atom is -0.748 e. The highest BCUT2D eigenvalue weighted by molar-refractivity contribution is 7.97. The van der Waals surface area contributed by atoms with Crippen LogP contribution in [0.3, 0.4) is 0 Å². The zero-order valence-corrected chi connectivity index (χ0v) is 16.9. The van der Waals surface area contributed by atoms with E-state index in [-0.39, 0.29) is 5.75 Å². The minimum absolute atomic E-state index is 0.195. The molecular formula is C17H34O5S2. The second-order valence-corrected chi connectivity index (χ2v) is 9.95. The van der Waals surface area contributed by atoms with E-state index in [1.807, 2.05) is 0 Å². The van der Waals surface area contributed by atoms with E-state index in [1.54, 1.807) is 0 Å². The normalized spacial score (nSPS) is 15.6. The van der Waals surface area contributed by atoms with Crippen LogP contribution in [0, 0.1) is 0 Å². The van der Waals surface area contributed by atoms with Gasteiger partial charge in [0.25, 0.3) is 0 Å². The van der Waals surface area contributed by atoms with Crippen molar-refractivity contribution in [3.05, 3.63) is 0 Å². The molecule has 0 radical (unpaired) electrons. The van der Waals surface area contributed by atoms with E-state index in [1.165, 1.54) is 12.8 Å². The zero-order chi connectivity index (χ0) is 18.3. The second kappa shape index (κ2) is 15.2. The summed E-state index contributed by atoms with van der Waals surface area (Å²) in [5.74, 6) is 3.28. The molecule has 0 spiro atoms. The smallest absolute Gasteiger partial charge is 0.181 e. The Labute approximate surface area is 151 Å². The van der Waals surface area contributed by atoms with Crippen LogP contribution in [0.25, 0.3) is 0 Å². The maximum Gasteiger partial charge on any atom is 0.181 e. The number of Topliss-reactive ketones (excluding diaryl/α,β-unsaturated/α-hetero) is 1. The summed E-state index contributed by atoms with van der Waals surface area (Å²) in [5, 5.41) is 0. The van der Waals surface area contributed by atoms with Crippen molar-refractivity contribution in [3.63, 3.8) is 0 Å². The number of carbonyl (C=O) groups excluding carboxylic acids is 1. The topological polar surface area (TPSA) is 83.5 Å². The van der Waals surface area contributed by atoms with Crippen molar-refractivity contribution < 1.29 is 22.5 Å². The zero-order valence-electron chi connectivity index (χ0n) is 15.3. The molecular weight excluding hydrogens is 348 g/mol. The number of hydrogen-bond donors (Lipinski definition) is 0. The van der Waals surface area contributed by atoms with Gasteiger partial charge in [0.2, 0.25) is 0 Å². The number of ether oxygens (including phenoxy) is 1. The average molecular weight is 383 g/mol. The molecule has 0 bridgehead atoms. The van der Waals surface area contributed by atoms with Crippen molar-refractivity contribution in [2.75, 3.05) is 36.2 Å². The van der Waals surface area contributed by atoms with Crippen molar-refractivity contribution in [2.24, 2.45) is 0 Å². The highest BCUT2D eigenvalue weighted by Crippen LogP contribution is 2.06. The van der Waals surface area contributed by atoms with E-state index >= 15 is 0 Å². The van der Waals surface area contributed by atoms with Gasteiger partial charge in [0.15, 0.2) is 11.5 Å². The summed E-state index contributed by atoms with van der Waals surface area (Å²) in [7, 11) is -3.62. The highest BCUT2D eigenvalue weighted by atomic mass is 32.2. The first-order valence-electron chi connectivity index (χ1n) is 9.06. The monoisotopic (exact) mass is 382 g/mol. The van der Waals surface area contributed by atoms with Crippen LogP contribution in [0.1, 0.15) is 65.2 Å². The minimum atomic E-state index is -3.97. The van der Waals surface area contributed by atoms with Crippen molar-refractivity contribution in [2.45, 2.75) is 65.2 Å². The molecule has 0 atom stereocenters. The number of carbonyl (C=O) groups is 1. The molecule has 0 amide bonds. The fraction of sp³-hybridized carbons (Fsp3) is 0.941. The van der Waals surface area contributed by atoms with E-state index in [0.717, 1.165) is 62.6 Å². The second-order valence-electron chi connectivity index (χ2n) is 6.10. The molecule has 1 aliphatic rings. The first kappa shape index (κ1) is 23.9. The summed E-state index contributed by atoms with van der Waals surface area (Å²) < 4.78 is 35.7. The quantitative estimate of drug-likeness (QED) is 0.312. The standard InChI is InChI=1S/C9H17O2S.C8H18O3S/c1-2-3-9(10)8-12-6-4-11-5-7-12;1-2-3-4-5-6-7-8-12(9,10)11/h2-8H2,1H3;2-8H2,1H3,(H,9,10,11)/q+1;/p-1. The molecule has 0 saturated carbocycles. The van der Waals surface area contributed by atoms with Gasteiger partial charge in [-0.25, -0.2) is 8.42 Å². The number of rotatable bonds is 11. The molecule has 24 heavy (non-hydrogen) atoms.